The lowest BCUT2D eigenvalue weighted by molar-refractivity contribution is 0.164. The first kappa shape index (κ1) is 16.1. The SMILES string of the molecule is COc1cccc(NC(=O)N2C[C@H](O)C[C@H]2C2CCCCC2)c1. The average Bonchev–Trinajstić information content (AvgIpc) is 2.98. The number of anilines is 1. The predicted molar refractivity (Wildman–Crippen MR) is 89.7 cm³/mol. The van der Waals surface area contributed by atoms with Crippen LogP contribution in [0.25, 0.3) is 0 Å². The molecule has 23 heavy (non-hydrogen) atoms. The average molecular weight is 318 g/mol. The summed E-state index contributed by atoms with van der Waals surface area (Å²) in [6.07, 6.45) is 6.40. The normalized spacial score (nSPS) is 25.4. The monoisotopic (exact) mass is 318 g/mol. The van der Waals surface area contributed by atoms with Gasteiger partial charge < -0.3 is 20.1 Å². The van der Waals surface area contributed by atoms with Gasteiger partial charge in [0.1, 0.15) is 5.75 Å². The van der Waals surface area contributed by atoms with Gasteiger partial charge in [0.2, 0.25) is 0 Å². The molecule has 3 rings (SSSR count). The molecule has 1 saturated heterocycles. The van der Waals surface area contributed by atoms with E-state index in [1.807, 2.05) is 23.1 Å². The number of carbonyl (C=O) groups is 1. The minimum Gasteiger partial charge on any atom is -0.497 e. The van der Waals surface area contributed by atoms with Gasteiger partial charge in [-0.25, -0.2) is 4.79 Å². The molecule has 2 N–H and O–H groups in total. The molecule has 1 aliphatic carbocycles. The predicted octanol–water partition coefficient (Wildman–Crippen LogP) is 3.24. The second-order valence-corrected chi connectivity index (χ2v) is 6.67. The number of urea groups is 1. The Hall–Kier alpha value is -1.75. The lowest BCUT2D eigenvalue weighted by atomic mass is 9.83. The molecule has 1 saturated carbocycles. The van der Waals surface area contributed by atoms with E-state index in [9.17, 15) is 9.90 Å². The van der Waals surface area contributed by atoms with Gasteiger partial charge in [0.05, 0.1) is 13.2 Å². The number of likely N-dealkylation sites (tertiary alicyclic amines) is 1. The van der Waals surface area contributed by atoms with E-state index >= 15 is 0 Å². The molecule has 1 aromatic rings. The number of β-amino-alcohol motifs (C(OH)–C–C–N with tert-alkyl or cyclic N) is 1. The Kier molecular flexibility index (Phi) is 5.06. The summed E-state index contributed by atoms with van der Waals surface area (Å²) in [6, 6.07) is 7.40. The highest BCUT2D eigenvalue weighted by Crippen LogP contribution is 2.34. The fourth-order valence-corrected chi connectivity index (χ4v) is 3.94. The van der Waals surface area contributed by atoms with Crippen LogP contribution in [-0.4, -0.2) is 41.8 Å². The molecule has 1 heterocycles. The Morgan fingerprint density at radius 3 is 2.83 bits per heavy atom. The van der Waals surface area contributed by atoms with Crippen LogP contribution in [0.2, 0.25) is 0 Å². The van der Waals surface area contributed by atoms with E-state index in [4.69, 9.17) is 4.74 Å². The Morgan fingerprint density at radius 2 is 2.09 bits per heavy atom. The number of benzene rings is 1. The van der Waals surface area contributed by atoms with Crippen LogP contribution in [0.3, 0.4) is 0 Å². The molecule has 2 aliphatic rings. The maximum absolute atomic E-state index is 12.7. The van der Waals surface area contributed by atoms with Gasteiger partial charge in [0.25, 0.3) is 0 Å². The second kappa shape index (κ2) is 7.21. The fraction of sp³-hybridized carbons (Fsp3) is 0.611. The van der Waals surface area contributed by atoms with E-state index in [0.717, 1.165) is 5.69 Å². The highest BCUT2D eigenvalue weighted by Gasteiger charge is 2.39. The number of aliphatic hydroxyl groups is 1. The van der Waals surface area contributed by atoms with Gasteiger partial charge in [-0.3, -0.25) is 0 Å². The summed E-state index contributed by atoms with van der Waals surface area (Å²) in [6.45, 7) is 0.428. The van der Waals surface area contributed by atoms with Crippen molar-refractivity contribution in [3.63, 3.8) is 0 Å². The van der Waals surface area contributed by atoms with Gasteiger partial charge in [-0.05, 0) is 37.3 Å². The van der Waals surface area contributed by atoms with Crippen LogP contribution in [-0.2, 0) is 0 Å². The van der Waals surface area contributed by atoms with Crippen molar-refractivity contribution in [3.8, 4) is 5.75 Å². The Bertz CT molecular complexity index is 543. The molecular formula is C18H26N2O3. The lowest BCUT2D eigenvalue weighted by Crippen LogP contribution is -2.43. The Labute approximate surface area is 137 Å². The minimum atomic E-state index is -0.405. The van der Waals surface area contributed by atoms with E-state index in [-0.39, 0.29) is 12.1 Å². The molecule has 1 aliphatic heterocycles. The number of methoxy groups -OCH3 is 1. The highest BCUT2D eigenvalue weighted by molar-refractivity contribution is 5.90. The van der Waals surface area contributed by atoms with Gasteiger partial charge in [0, 0.05) is 24.3 Å². The summed E-state index contributed by atoms with van der Waals surface area (Å²) in [5.74, 6) is 1.24. The molecule has 0 bridgehead atoms. The van der Waals surface area contributed by atoms with Crippen LogP contribution in [0, 0.1) is 5.92 Å². The smallest absolute Gasteiger partial charge is 0.322 e. The molecule has 5 nitrogen and oxygen atoms in total. The second-order valence-electron chi connectivity index (χ2n) is 6.67. The minimum absolute atomic E-state index is 0.120. The third kappa shape index (κ3) is 3.78. The molecule has 0 unspecified atom stereocenters. The van der Waals surface area contributed by atoms with Crippen LogP contribution in [0.15, 0.2) is 24.3 Å². The summed E-state index contributed by atoms with van der Waals surface area (Å²) in [4.78, 5) is 14.5. The molecule has 0 aromatic heterocycles. The van der Waals surface area contributed by atoms with E-state index in [0.29, 0.717) is 24.6 Å². The van der Waals surface area contributed by atoms with Crippen molar-refractivity contribution < 1.29 is 14.6 Å². The number of nitrogens with zero attached hydrogens (tertiary/aromatic N) is 1. The first-order chi connectivity index (χ1) is 11.2. The molecule has 2 amide bonds. The molecule has 0 radical (unpaired) electrons. The Morgan fingerprint density at radius 1 is 1.30 bits per heavy atom. The maximum atomic E-state index is 12.7. The Balaban J connectivity index is 1.68. The van der Waals surface area contributed by atoms with Gasteiger partial charge in [0.15, 0.2) is 0 Å². The van der Waals surface area contributed by atoms with Crippen LogP contribution in [0.1, 0.15) is 38.5 Å². The number of amides is 2. The van der Waals surface area contributed by atoms with Gasteiger partial charge in [-0.15, -0.1) is 0 Å². The highest BCUT2D eigenvalue weighted by atomic mass is 16.5. The van der Waals surface area contributed by atoms with Gasteiger partial charge in [-0.2, -0.15) is 0 Å². The van der Waals surface area contributed by atoms with Gasteiger partial charge in [-0.1, -0.05) is 25.3 Å². The van der Waals surface area contributed by atoms with Crippen molar-refractivity contribution >= 4 is 11.7 Å². The van der Waals surface area contributed by atoms with E-state index < -0.39 is 6.10 Å². The molecule has 1 aromatic carbocycles. The number of rotatable bonds is 3. The van der Waals surface area contributed by atoms with Crippen molar-refractivity contribution in [2.75, 3.05) is 19.0 Å². The molecular weight excluding hydrogens is 292 g/mol. The van der Waals surface area contributed by atoms with Crippen molar-refractivity contribution in [2.24, 2.45) is 5.92 Å². The summed E-state index contributed by atoms with van der Waals surface area (Å²) in [5, 5.41) is 13.0. The molecule has 5 heteroatoms. The van der Waals surface area contributed by atoms with E-state index in [1.165, 1.54) is 32.1 Å². The summed E-state index contributed by atoms with van der Waals surface area (Å²) >= 11 is 0. The maximum Gasteiger partial charge on any atom is 0.322 e. The van der Waals surface area contributed by atoms with E-state index in [2.05, 4.69) is 5.32 Å². The van der Waals surface area contributed by atoms with Gasteiger partial charge >= 0.3 is 6.03 Å². The van der Waals surface area contributed by atoms with E-state index in [1.54, 1.807) is 13.2 Å². The molecule has 126 valence electrons. The standard InChI is InChI=1S/C18H26N2O3/c1-23-16-9-5-8-14(10-16)19-18(22)20-12-15(21)11-17(20)13-6-3-2-4-7-13/h5,8-10,13,15,17,21H,2-4,6-7,11-12H2,1H3,(H,19,22)/t15-,17+/m1/s1. The topological polar surface area (TPSA) is 61.8 Å². The van der Waals surface area contributed by atoms with Crippen LogP contribution >= 0.6 is 0 Å². The van der Waals surface area contributed by atoms with Crippen LogP contribution < -0.4 is 10.1 Å². The summed E-state index contributed by atoms with van der Waals surface area (Å²) in [5.41, 5.74) is 0.720. The lowest BCUT2D eigenvalue weighted by Gasteiger charge is -2.33. The first-order valence-corrected chi connectivity index (χ1v) is 8.57. The zero-order valence-electron chi connectivity index (χ0n) is 13.7. The number of ether oxygens (including phenoxy) is 1. The van der Waals surface area contributed by atoms with Crippen LogP contribution in [0.4, 0.5) is 10.5 Å². The number of hydrogen-bond acceptors (Lipinski definition) is 3. The molecule has 2 fully saturated rings. The summed E-state index contributed by atoms with van der Waals surface area (Å²) in [7, 11) is 1.61. The molecule has 2 atom stereocenters. The quantitative estimate of drug-likeness (QED) is 0.899. The largest absolute Gasteiger partial charge is 0.497 e. The number of aliphatic hydroxyl groups excluding tert-OH is 1. The zero-order chi connectivity index (χ0) is 16.2. The van der Waals surface area contributed by atoms with Crippen molar-refractivity contribution in [2.45, 2.75) is 50.7 Å². The number of hydrogen-bond donors (Lipinski definition) is 2. The first-order valence-electron chi connectivity index (χ1n) is 8.57. The van der Waals surface area contributed by atoms with Crippen molar-refractivity contribution in [1.29, 1.82) is 0 Å². The van der Waals surface area contributed by atoms with Crippen LogP contribution in [0.5, 0.6) is 5.75 Å². The molecule has 0 spiro atoms. The van der Waals surface area contributed by atoms with Crippen molar-refractivity contribution in [3.05, 3.63) is 24.3 Å². The van der Waals surface area contributed by atoms with Crippen molar-refractivity contribution in [1.82, 2.24) is 4.90 Å². The summed E-state index contributed by atoms with van der Waals surface area (Å²) < 4.78 is 5.19. The number of carbonyl (C=O) groups excluding carboxylic acids is 1. The zero-order valence-corrected chi connectivity index (χ0v) is 13.7. The third-order valence-corrected chi connectivity index (χ3v) is 5.10. The third-order valence-electron chi connectivity index (χ3n) is 5.10. The number of nitrogens with one attached hydrogen (secondary N) is 1. The fourth-order valence-electron chi connectivity index (χ4n) is 3.94.